The summed E-state index contributed by atoms with van der Waals surface area (Å²) in [5, 5.41) is 7.36. The van der Waals surface area contributed by atoms with Gasteiger partial charge in [0.25, 0.3) is 0 Å². The average Bonchev–Trinajstić information content (AvgIpc) is 3.89. The van der Waals surface area contributed by atoms with Crippen molar-refractivity contribution in [1.29, 1.82) is 0 Å². The Labute approximate surface area is 376 Å². The maximum absolute atomic E-state index is 6.89. The van der Waals surface area contributed by atoms with E-state index in [1.807, 2.05) is 59.2 Å². The van der Waals surface area contributed by atoms with Crippen LogP contribution in [0.4, 0.5) is 0 Å². The quantitative estimate of drug-likeness (QED) is 0.184. The molecule has 9 aromatic carbocycles. The normalized spacial score (nSPS) is 11.8. The molecule has 64 heavy (non-hydrogen) atoms. The van der Waals surface area contributed by atoms with Crippen LogP contribution in [-0.4, -0.2) is 66.6 Å². The van der Waals surface area contributed by atoms with Crippen molar-refractivity contribution in [3.8, 4) is 51.0 Å². The fourth-order valence-corrected chi connectivity index (χ4v) is 9.20. The van der Waals surface area contributed by atoms with Crippen molar-refractivity contribution in [1.82, 2.24) is 19.5 Å². The van der Waals surface area contributed by atoms with Crippen LogP contribution in [0.1, 0.15) is 0 Å². The third-order valence-electron chi connectivity index (χ3n) is 12.3. The van der Waals surface area contributed by atoms with Gasteiger partial charge >= 0.3 is 0 Å². The molecule has 0 aliphatic carbocycles. The number of hydrogen-bond donors (Lipinski definition) is 0. The summed E-state index contributed by atoms with van der Waals surface area (Å²) in [5.41, 5.74) is 9.78. The van der Waals surface area contributed by atoms with Crippen LogP contribution in [0, 0.1) is 0 Å². The van der Waals surface area contributed by atoms with Crippen LogP contribution in [-0.2, 0) is 0 Å². The molecular formula is C53H26B6N4O. The molecule has 0 aliphatic rings. The Kier molecular flexibility index (Phi) is 8.67. The molecule has 0 saturated heterocycles. The summed E-state index contributed by atoms with van der Waals surface area (Å²) in [4.78, 5) is 15.3. The lowest BCUT2D eigenvalue weighted by Crippen LogP contribution is -2.33. The van der Waals surface area contributed by atoms with Crippen molar-refractivity contribution in [3.63, 3.8) is 0 Å². The average molecular weight is 800 g/mol. The number of aromatic nitrogens is 4. The molecule has 0 unspecified atom stereocenters. The standard InChI is InChI=1S/C53H26B6N4O/c54-39-25-41(56)48-44(46(39)58)45-47(59)40(55)26-42(57)49(45)63(48)35-23-37(29-10-2-1-3-11-29)50-38(24-35)36-19-18-34(22-43(36)64-50)53-61-51(32-16-14-27-8-4-6-12-30(27)20-32)60-52(62-53)33-17-15-28-9-5-7-13-31(28)21-33/h1-26H. The van der Waals surface area contributed by atoms with Gasteiger partial charge in [-0.25, -0.2) is 15.0 Å². The molecule has 0 saturated carbocycles. The molecule has 3 aromatic heterocycles. The molecule has 0 N–H and O–H groups in total. The van der Waals surface area contributed by atoms with E-state index < -0.39 is 0 Å². The third-order valence-corrected chi connectivity index (χ3v) is 12.3. The van der Waals surface area contributed by atoms with Crippen LogP contribution in [0.3, 0.4) is 0 Å². The smallest absolute Gasteiger partial charge is 0.164 e. The van der Waals surface area contributed by atoms with E-state index >= 15 is 0 Å². The first kappa shape index (κ1) is 38.2. The van der Waals surface area contributed by atoms with E-state index in [9.17, 15) is 0 Å². The van der Waals surface area contributed by atoms with E-state index in [0.29, 0.717) is 83.2 Å². The van der Waals surface area contributed by atoms with Crippen molar-refractivity contribution in [3.05, 3.63) is 158 Å². The fraction of sp³-hybridized carbons (Fsp3) is 0. The summed E-state index contributed by atoms with van der Waals surface area (Å²) < 4.78 is 8.88. The monoisotopic (exact) mass is 800 g/mol. The van der Waals surface area contributed by atoms with Gasteiger partial charge in [0.1, 0.15) is 58.2 Å². The Morgan fingerprint density at radius 2 is 0.875 bits per heavy atom. The van der Waals surface area contributed by atoms with Crippen molar-refractivity contribution >= 4 is 145 Å². The number of benzene rings is 9. The van der Waals surface area contributed by atoms with E-state index in [-0.39, 0.29) is 0 Å². The van der Waals surface area contributed by atoms with Crippen LogP contribution in [0.25, 0.3) is 116 Å². The zero-order valence-electron chi connectivity index (χ0n) is 34.2. The summed E-state index contributed by atoms with van der Waals surface area (Å²) in [5.74, 6) is 1.64. The second kappa shape index (κ2) is 14.5. The summed E-state index contributed by atoms with van der Waals surface area (Å²) in [7, 11) is 39.9. The van der Waals surface area contributed by atoms with Gasteiger partial charge < -0.3 is 8.98 Å². The molecule has 12 aromatic rings. The van der Waals surface area contributed by atoms with Gasteiger partial charge in [-0.2, -0.15) is 0 Å². The van der Waals surface area contributed by atoms with Crippen molar-refractivity contribution in [2.75, 3.05) is 0 Å². The van der Waals surface area contributed by atoms with Gasteiger partial charge in [-0.15, -0.1) is 10.9 Å². The number of hydrogen-bond acceptors (Lipinski definition) is 4. The Bertz CT molecular complexity index is 3770. The van der Waals surface area contributed by atoms with E-state index in [4.69, 9.17) is 66.4 Å². The fourth-order valence-electron chi connectivity index (χ4n) is 9.20. The molecule has 3 heterocycles. The molecule has 12 rings (SSSR count). The molecule has 0 aliphatic heterocycles. The minimum Gasteiger partial charge on any atom is -0.455 e. The highest BCUT2D eigenvalue weighted by Crippen LogP contribution is 2.41. The zero-order chi connectivity index (χ0) is 43.4. The number of fused-ring (bicyclic) bond motifs is 8. The molecule has 0 spiro atoms. The first-order chi connectivity index (χ1) is 31.2. The Balaban J connectivity index is 1.10. The summed E-state index contributed by atoms with van der Waals surface area (Å²) in [6.07, 6.45) is 0. The molecule has 0 atom stereocenters. The number of rotatable bonds is 5. The van der Waals surface area contributed by atoms with Crippen LogP contribution >= 0.6 is 0 Å². The van der Waals surface area contributed by atoms with Gasteiger partial charge in [-0.1, -0.05) is 143 Å². The van der Waals surface area contributed by atoms with E-state index in [2.05, 4.69) is 91.0 Å². The molecule has 0 bridgehead atoms. The predicted molar refractivity (Wildman–Crippen MR) is 271 cm³/mol. The third kappa shape index (κ3) is 5.98. The first-order valence-corrected chi connectivity index (χ1v) is 20.7. The van der Waals surface area contributed by atoms with Gasteiger partial charge in [0.15, 0.2) is 17.5 Å². The minimum absolute atomic E-state index is 0.327. The van der Waals surface area contributed by atoms with E-state index in [1.165, 1.54) is 0 Å². The summed E-state index contributed by atoms with van der Waals surface area (Å²) >= 11 is 0. The lowest BCUT2D eigenvalue weighted by atomic mass is 9.71. The van der Waals surface area contributed by atoms with Gasteiger partial charge in [-0.3, -0.25) is 0 Å². The highest BCUT2D eigenvalue weighted by Gasteiger charge is 2.23. The van der Waals surface area contributed by atoms with Gasteiger partial charge in [0, 0.05) is 49.7 Å². The largest absolute Gasteiger partial charge is 0.455 e. The lowest BCUT2D eigenvalue weighted by Gasteiger charge is -2.15. The Morgan fingerprint density at radius 3 is 1.42 bits per heavy atom. The van der Waals surface area contributed by atoms with Crippen LogP contribution in [0.5, 0.6) is 0 Å². The second-order valence-corrected chi connectivity index (χ2v) is 16.2. The van der Waals surface area contributed by atoms with Crippen molar-refractivity contribution in [2.45, 2.75) is 0 Å². The van der Waals surface area contributed by atoms with Crippen LogP contribution < -0.4 is 32.8 Å². The molecule has 0 amide bonds. The first-order valence-electron chi connectivity index (χ1n) is 20.7. The minimum atomic E-state index is 0.327. The Morgan fingerprint density at radius 1 is 0.391 bits per heavy atom. The maximum Gasteiger partial charge on any atom is 0.164 e. The van der Waals surface area contributed by atoms with Crippen molar-refractivity contribution in [2.24, 2.45) is 0 Å². The highest BCUT2D eigenvalue weighted by molar-refractivity contribution is 6.62. The molecule has 0 fully saturated rings. The Hall–Kier alpha value is -7.50. The predicted octanol–water partition coefficient (Wildman–Crippen LogP) is 6.61. The SMILES string of the molecule is [B]c1cc([B])c2c(c1[B])c1c([B])c([B])cc([B])c1n2-c1cc(-c2ccccc2)c2oc3cc(-c4nc(-c5ccc6ccccc6c5)nc(-c5ccc6ccccc6c5)n4)ccc3c2c1. The van der Waals surface area contributed by atoms with Crippen LogP contribution in [0.15, 0.2) is 162 Å². The molecule has 282 valence electrons. The second-order valence-electron chi connectivity index (χ2n) is 16.2. The zero-order valence-corrected chi connectivity index (χ0v) is 34.2. The van der Waals surface area contributed by atoms with Gasteiger partial charge in [-0.05, 0) is 74.3 Å². The van der Waals surface area contributed by atoms with Crippen molar-refractivity contribution < 1.29 is 4.42 Å². The maximum atomic E-state index is 6.89. The van der Waals surface area contributed by atoms with Gasteiger partial charge in [0.05, 0.1) is 0 Å². The number of nitrogens with zero attached hydrogens (tertiary/aromatic N) is 4. The molecule has 12 radical (unpaired) electrons. The van der Waals surface area contributed by atoms with Gasteiger partial charge in [0.2, 0.25) is 0 Å². The molecular weight excluding hydrogens is 773 g/mol. The summed E-state index contributed by atoms with van der Waals surface area (Å²) in [6.45, 7) is 0. The number of furan rings is 1. The molecule has 5 nitrogen and oxygen atoms in total. The topological polar surface area (TPSA) is 56.7 Å². The lowest BCUT2D eigenvalue weighted by molar-refractivity contribution is 0.670. The van der Waals surface area contributed by atoms with E-state index in [0.717, 1.165) is 65.8 Å². The summed E-state index contributed by atoms with van der Waals surface area (Å²) in [6, 6.07) is 52.7. The highest BCUT2D eigenvalue weighted by atomic mass is 16.3. The van der Waals surface area contributed by atoms with Crippen LogP contribution in [0.2, 0.25) is 0 Å². The molecule has 11 heteroatoms. The van der Waals surface area contributed by atoms with E-state index in [1.54, 1.807) is 12.1 Å².